The van der Waals surface area contributed by atoms with Crippen molar-refractivity contribution < 1.29 is 9.32 Å². The highest BCUT2D eigenvalue weighted by molar-refractivity contribution is 5.94. The first-order valence-electron chi connectivity index (χ1n) is 9.15. The average molecular weight is 356 g/mol. The van der Waals surface area contributed by atoms with E-state index in [2.05, 4.69) is 25.3 Å². The normalized spacial score (nSPS) is 17.4. The summed E-state index contributed by atoms with van der Waals surface area (Å²) in [6.45, 7) is 5.73. The first-order valence-corrected chi connectivity index (χ1v) is 9.15. The molecule has 2 aliphatic heterocycles. The summed E-state index contributed by atoms with van der Waals surface area (Å²) >= 11 is 0. The number of carbonyl (C=O) groups is 1. The lowest BCUT2D eigenvalue weighted by molar-refractivity contribution is 0.0783. The summed E-state index contributed by atoms with van der Waals surface area (Å²) in [4.78, 5) is 26.3. The minimum Gasteiger partial charge on any atom is -0.360 e. The fourth-order valence-electron chi connectivity index (χ4n) is 3.67. The molecule has 2 aromatic heterocycles. The molecule has 138 valence electrons. The molecule has 8 heteroatoms. The maximum atomic E-state index is 13.0. The fourth-order valence-corrected chi connectivity index (χ4v) is 3.67. The summed E-state index contributed by atoms with van der Waals surface area (Å²) in [5.74, 6) is 1.38. The highest BCUT2D eigenvalue weighted by atomic mass is 16.5. The van der Waals surface area contributed by atoms with Crippen molar-refractivity contribution >= 4 is 11.9 Å². The van der Waals surface area contributed by atoms with Crippen LogP contribution in [0.15, 0.2) is 10.6 Å². The number of rotatable bonds is 4. The number of nitrogens with one attached hydrogen (secondary N) is 1. The molecule has 1 N–H and O–H groups in total. The Morgan fingerprint density at radius 1 is 1.27 bits per heavy atom. The molecule has 0 unspecified atom stereocenters. The van der Waals surface area contributed by atoms with Gasteiger partial charge in [0.15, 0.2) is 5.76 Å². The van der Waals surface area contributed by atoms with Crippen molar-refractivity contribution in [1.82, 2.24) is 24.9 Å². The van der Waals surface area contributed by atoms with E-state index in [1.807, 2.05) is 17.9 Å². The van der Waals surface area contributed by atoms with Crippen LogP contribution in [0.5, 0.6) is 0 Å². The number of amides is 1. The Bertz CT molecular complexity index is 812. The second-order valence-electron chi connectivity index (χ2n) is 6.97. The number of hydrogen-bond acceptors (Lipinski definition) is 7. The van der Waals surface area contributed by atoms with E-state index in [1.54, 1.807) is 7.05 Å². The lowest BCUT2D eigenvalue weighted by Crippen LogP contribution is -2.35. The maximum Gasteiger partial charge on any atom is 0.273 e. The van der Waals surface area contributed by atoms with Crippen molar-refractivity contribution in [2.45, 2.75) is 39.3 Å². The average Bonchev–Trinajstić information content (AvgIpc) is 3.32. The number of fused-ring (bicyclic) bond motifs is 1. The van der Waals surface area contributed by atoms with Crippen LogP contribution in [0.25, 0.3) is 0 Å². The Morgan fingerprint density at radius 3 is 2.77 bits per heavy atom. The molecular weight excluding hydrogens is 332 g/mol. The molecule has 0 saturated carbocycles. The lowest BCUT2D eigenvalue weighted by Gasteiger charge is -2.29. The van der Waals surface area contributed by atoms with Crippen LogP contribution < -0.4 is 5.32 Å². The predicted octanol–water partition coefficient (Wildman–Crippen LogP) is 1.61. The van der Waals surface area contributed by atoms with Gasteiger partial charge in [0, 0.05) is 51.3 Å². The van der Waals surface area contributed by atoms with E-state index in [-0.39, 0.29) is 5.91 Å². The van der Waals surface area contributed by atoms with E-state index in [4.69, 9.17) is 4.52 Å². The number of hydrogen-bond donors (Lipinski definition) is 1. The van der Waals surface area contributed by atoms with Gasteiger partial charge in [0.2, 0.25) is 5.95 Å². The van der Waals surface area contributed by atoms with Crippen LogP contribution in [0.3, 0.4) is 0 Å². The van der Waals surface area contributed by atoms with Crippen molar-refractivity contribution in [3.63, 3.8) is 0 Å². The highest BCUT2D eigenvalue weighted by Crippen LogP contribution is 2.25. The number of anilines is 1. The lowest BCUT2D eigenvalue weighted by atomic mass is 10.0. The molecule has 0 aliphatic carbocycles. The van der Waals surface area contributed by atoms with Crippen LogP contribution in [0.2, 0.25) is 0 Å². The molecule has 8 nitrogen and oxygen atoms in total. The smallest absolute Gasteiger partial charge is 0.273 e. The number of aryl methyl sites for hydroxylation is 1. The molecule has 0 spiro atoms. The quantitative estimate of drug-likeness (QED) is 0.890. The van der Waals surface area contributed by atoms with Crippen LogP contribution >= 0.6 is 0 Å². The highest BCUT2D eigenvalue weighted by Gasteiger charge is 2.29. The van der Waals surface area contributed by atoms with E-state index in [0.717, 1.165) is 61.6 Å². The Morgan fingerprint density at radius 2 is 2.08 bits per heavy atom. The molecule has 4 rings (SSSR count). The van der Waals surface area contributed by atoms with Crippen LogP contribution in [0.1, 0.15) is 46.0 Å². The first kappa shape index (κ1) is 17.0. The molecule has 0 atom stereocenters. The van der Waals surface area contributed by atoms with Gasteiger partial charge in [0.05, 0.1) is 17.9 Å². The summed E-state index contributed by atoms with van der Waals surface area (Å²) in [7, 11) is 1.78. The molecule has 2 aromatic rings. The maximum absolute atomic E-state index is 13.0. The predicted molar refractivity (Wildman–Crippen MR) is 95.8 cm³/mol. The Kier molecular flexibility index (Phi) is 4.58. The minimum absolute atomic E-state index is 0.0232. The molecule has 0 bridgehead atoms. The van der Waals surface area contributed by atoms with Crippen molar-refractivity contribution in [3.05, 3.63) is 34.5 Å². The molecule has 4 heterocycles. The Balaban J connectivity index is 1.62. The minimum atomic E-state index is 0.0232. The van der Waals surface area contributed by atoms with Gasteiger partial charge in [-0.25, -0.2) is 9.97 Å². The van der Waals surface area contributed by atoms with E-state index < -0.39 is 0 Å². The third-order valence-corrected chi connectivity index (χ3v) is 5.01. The monoisotopic (exact) mass is 356 g/mol. The van der Waals surface area contributed by atoms with Crippen LogP contribution in [-0.2, 0) is 19.5 Å². The van der Waals surface area contributed by atoms with Gasteiger partial charge in [0.1, 0.15) is 5.69 Å². The zero-order chi connectivity index (χ0) is 18.1. The van der Waals surface area contributed by atoms with Gasteiger partial charge in [-0.3, -0.25) is 9.69 Å². The molecule has 1 amide bonds. The van der Waals surface area contributed by atoms with Crippen LogP contribution in [-0.4, -0.2) is 57.5 Å². The number of likely N-dealkylation sites (tertiary alicyclic amines) is 1. The second kappa shape index (κ2) is 7.03. The van der Waals surface area contributed by atoms with Gasteiger partial charge in [-0.15, -0.1) is 0 Å². The van der Waals surface area contributed by atoms with E-state index in [9.17, 15) is 4.79 Å². The first-order chi connectivity index (χ1) is 12.6. The Hall–Kier alpha value is -2.48. The van der Waals surface area contributed by atoms with Gasteiger partial charge in [0.25, 0.3) is 5.91 Å². The summed E-state index contributed by atoms with van der Waals surface area (Å²) in [6.07, 6.45) is 2.92. The number of carbonyl (C=O) groups excluding carboxylic acids is 1. The van der Waals surface area contributed by atoms with Gasteiger partial charge < -0.3 is 14.7 Å². The summed E-state index contributed by atoms with van der Waals surface area (Å²) in [5, 5.41) is 6.94. The number of aromatic nitrogens is 3. The standard InChI is InChI=1S/C18H24N6O2/c1-12-9-13(26-22-12)10-23-8-5-15-14(11-23)16(21-18(19-2)20-15)17(25)24-6-3-4-7-24/h9H,3-8,10-11H2,1-2H3,(H,19,20,21). The van der Waals surface area contributed by atoms with Gasteiger partial charge >= 0.3 is 0 Å². The molecule has 2 aliphatic rings. The van der Waals surface area contributed by atoms with Gasteiger partial charge in [-0.05, 0) is 19.8 Å². The molecule has 0 aromatic carbocycles. The molecular formula is C18H24N6O2. The van der Waals surface area contributed by atoms with Crippen LogP contribution in [0, 0.1) is 6.92 Å². The van der Waals surface area contributed by atoms with Crippen molar-refractivity contribution in [3.8, 4) is 0 Å². The largest absolute Gasteiger partial charge is 0.360 e. The van der Waals surface area contributed by atoms with E-state index in [1.165, 1.54) is 0 Å². The van der Waals surface area contributed by atoms with Crippen molar-refractivity contribution in [2.24, 2.45) is 0 Å². The van der Waals surface area contributed by atoms with E-state index in [0.29, 0.717) is 24.7 Å². The summed E-state index contributed by atoms with van der Waals surface area (Å²) < 4.78 is 5.34. The van der Waals surface area contributed by atoms with Crippen molar-refractivity contribution in [2.75, 3.05) is 32.0 Å². The van der Waals surface area contributed by atoms with Gasteiger partial charge in [-0.1, -0.05) is 5.16 Å². The summed E-state index contributed by atoms with van der Waals surface area (Å²) in [6, 6.07) is 1.95. The number of nitrogens with zero attached hydrogens (tertiary/aromatic N) is 5. The van der Waals surface area contributed by atoms with Gasteiger partial charge in [-0.2, -0.15) is 0 Å². The van der Waals surface area contributed by atoms with Crippen LogP contribution in [0.4, 0.5) is 5.95 Å². The molecule has 0 radical (unpaired) electrons. The van der Waals surface area contributed by atoms with E-state index >= 15 is 0 Å². The topological polar surface area (TPSA) is 87.4 Å². The molecule has 1 fully saturated rings. The molecule has 26 heavy (non-hydrogen) atoms. The second-order valence-corrected chi connectivity index (χ2v) is 6.97. The summed E-state index contributed by atoms with van der Waals surface area (Å²) in [5.41, 5.74) is 3.34. The Labute approximate surface area is 152 Å². The zero-order valence-corrected chi connectivity index (χ0v) is 15.3. The molecule has 1 saturated heterocycles. The SMILES string of the molecule is CNc1nc2c(c(C(=O)N3CCCC3)n1)CN(Cc1cc(C)no1)CC2. The zero-order valence-electron chi connectivity index (χ0n) is 15.3. The van der Waals surface area contributed by atoms with Crippen molar-refractivity contribution in [1.29, 1.82) is 0 Å². The third kappa shape index (κ3) is 3.29. The fraction of sp³-hybridized carbons (Fsp3) is 0.556. The third-order valence-electron chi connectivity index (χ3n) is 5.01.